The zero-order valence-corrected chi connectivity index (χ0v) is 13.5. The highest BCUT2D eigenvalue weighted by molar-refractivity contribution is 5.81. The predicted octanol–water partition coefficient (Wildman–Crippen LogP) is 6.10. The molecule has 111 valence electrons. The average molecular weight is 295 g/mol. The van der Waals surface area contributed by atoms with Crippen molar-refractivity contribution >= 4 is 6.08 Å². The van der Waals surface area contributed by atoms with Crippen LogP contribution in [0.4, 0.5) is 0 Å². The quantitative estimate of drug-likeness (QED) is 0.628. The SMILES string of the molecule is CC(C)=C1[C]=C(C2C=Cc3c(-c4ccccc4)cccc32)C=C1. The first-order chi connectivity index (χ1) is 11.2. The second-order valence-electron chi connectivity index (χ2n) is 6.34. The molecular weight excluding hydrogens is 276 g/mol. The van der Waals surface area contributed by atoms with Gasteiger partial charge in [0.15, 0.2) is 0 Å². The van der Waals surface area contributed by atoms with Crippen LogP contribution in [0, 0.1) is 6.08 Å². The van der Waals surface area contributed by atoms with Crippen molar-refractivity contribution in [1.29, 1.82) is 0 Å². The van der Waals surface area contributed by atoms with Crippen LogP contribution >= 0.6 is 0 Å². The van der Waals surface area contributed by atoms with Crippen LogP contribution in [0.2, 0.25) is 0 Å². The van der Waals surface area contributed by atoms with Gasteiger partial charge in [-0.15, -0.1) is 0 Å². The molecule has 2 aliphatic rings. The van der Waals surface area contributed by atoms with Crippen LogP contribution in [0.1, 0.15) is 30.9 Å². The Kier molecular flexibility index (Phi) is 3.38. The first-order valence-corrected chi connectivity index (χ1v) is 8.10. The summed E-state index contributed by atoms with van der Waals surface area (Å²) in [5.74, 6) is 0.321. The molecule has 2 aromatic carbocycles. The van der Waals surface area contributed by atoms with Gasteiger partial charge < -0.3 is 0 Å². The standard InChI is InChI=1S/C23H19/c1-16(2)18-11-12-19(15-18)21-13-14-23-20(9-6-10-22(21)23)17-7-4-3-5-8-17/h3-14,21H,1-2H3. The lowest BCUT2D eigenvalue weighted by Crippen LogP contribution is -1.96. The van der Waals surface area contributed by atoms with E-state index in [1.165, 1.54) is 39.0 Å². The molecule has 0 fully saturated rings. The zero-order chi connectivity index (χ0) is 15.8. The van der Waals surface area contributed by atoms with Crippen molar-refractivity contribution in [3.63, 3.8) is 0 Å². The average Bonchev–Trinajstić information content (AvgIpc) is 3.22. The number of fused-ring (bicyclic) bond motifs is 1. The van der Waals surface area contributed by atoms with Gasteiger partial charge in [0.1, 0.15) is 0 Å². The molecule has 0 saturated carbocycles. The van der Waals surface area contributed by atoms with Crippen LogP contribution in [0.15, 0.2) is 83.5 Å². The molecule has 0 heterocycles. The maximum atomic E-state index is 3.57. The normalized spacial score (nSPS) is 18.3. The molecule has 1 atom stereocenters. The number of benzene rings is 2. The largest absolute Gasteiger partial charge is 0.0720 e. The lowest BCUT2D eigenvalue weighted by Gasteiger charge is -2.13. The van der Waals surface area contributed by atoms with Crippen LogP contribution in [-0.2, 0) is 0 Å². The summed E-state index contributed by atoms with van der Waals surface area (Å²) in [4.78, 5) is 0. The van der Waals surface area contributed by atoms with Crippen molar-refractivity contribution in [3.05, 3.63) is 101 Å². The molecule has 0 nitrogen and oxygen atoms in total. The first kappa shape index (κ1) is 14.0. The first-order valence-electron chi connectivity index (χ1n) is 8.10. The maximum Gasteiger partial charge on any atom is 0.0285 e. The summed E-state index contributed by atoms with van der Waals surface area (Å²) >= 11 is 0. The highest BCUT2D eigenvalue weighted by Crippen LogP contribution is 2.42. The highest BCUT2D eigenvalue weighted by Gasteiger charge is 2.23. The molecular formula is C23H19. The van der Waals surface area contributed by atoms with Crippen molar-refractivity contribution in [3.8, 4) is 11.1 Å². The molecule has 0 heteroatoms. The number of hydrogen-bond acceptors (Lipinski definition) is 0. The van der Waals surface area contributed by atoms with E-state index in [2.05, 4.69) is 92.8 Å². The molecule has 23 heavy (non-hydrogen) atoms. The summed E-state index contributed by atoms with van der Waals surface area (Å²) in [6, 6.07) is 17.2. The molecule has 2 aromatic rings. The Bertz CT molecular complexity index is 870. The van der Waals surface area contributed by atoms with Gasteiger partial charge in [-0.1, -0.05) is 78.4 Å². The second-order valence-corrected chi connectivity index (χ2v) is 6.34. The highest BCUT2D eigenvalue weighted by atomic mass is 14.3. The molecule has 1 unspecified atom stereocenters. The molecule has 2 aliphatic carbocycles. The lowest BCUT2D eigenvalue weighted by atomic mass is 9.90. The maximum absolute atomic E-state index is 3.57. The summed E-state index contributed by atoms with van der Waals surface area (Å²) in [5, 5.41) is 0. The summed E-state index contributed by atoms with van der Waals surface area (Å²) in [6.45, 7) is 4.28. The summed E-state index contributed by atoms with van der Waals surface area (Å²) in [7, 11) is 0. The van der Waals surface area contributed by atoms with Gasteiger partial charge in [-0.05, 0) is 53.3 Å². The number of hydrogen-bond donors (Lipinski definition) is 0. The van der Waals surface area contributed by atoms with Gasteiger partial charge >= 0.3 is 0 Å². The van der Waals surface area contributed by atoms with Gasteiger partial charge in [-0.25, -0.2) is 0 Å². The van der Waals surface area contributed by atoms with Crippen molar-refractivity contribution in [2.45, 2.75) is 19.8 Å². The Hall–Kier alpha value is -2.60. The van der Waals surface area contributed by atoms with Gasteiger partial charge in [-0.3, -0.25) is 0 Å². The fraction of sp³-hybridized carbons (Fsp3) is 0.130. The van der Waals surface area contributed by atoms with E-state index < -0.39 is 0 Å². The van der Waals surface area contributed by atoms with E-state index in [4.69, 9.17) is 0 Å². The summed E-state index contributed by atoms with van der Waals surface area (Å²) < 4.78 is 0. The van der Waals surface area contributed by atoms with E-state index in [1.54, 1.807) is 0 Å². The van der Waals surface area contributed by atoms with Gasteiger partial charge in [-0.2, -0.15) is 0 Å². The van der Waals surface area contributed by atoms with Crippen molar-refractivity contribution in [2.24, 2.45) is 0 Å². The van der Waals surface area contributed by atoms with Gasteiger partial charge in [0.2, 0.25) is 0 Å². The topological polar surface area (TPSA) is 0 Å². The minimum Gasteiger partial charge on any atom is -0.0720 e. The van der Waals surface area contributed by atoms with Crippen molar-refractivity contribution < 1.29 is 0 Å². The zero-order valence-electron chi connectivity index (χ0n) is 13.5. The van der Waals surface area contributed by atoms with Gasteiger partial charge in [0, 0.05) is 5.92 Å². The third-order valence-corrected chi connectivity index (χ3v) is 4.60. The molecule has 0 N–H and O–H groups in total. The van der Waals surface area contributed by atoms with Gasteiger partial charge in [0.25, 0.3) is 0 Å². The van der Waals surface area contributed by atoms with Gasteiger partial charge in [0.05, 0.1) is 0 Å². The number of rotatable bonds is 2. The van der Waals surface area contributed by atoms with Crippen LogP contribution in [-0.4, -0.2) is 0 Å². The van der Waals surface area contributed by atoms with Crippen LogP contribution in [0.25, 0.3) is 17.2 Å². The minimum atomic E-state index is 0.321. The van der Waals surface area contributed by atoms with E-state index in [1.807, 2.05) is 0 Å². The van der Waals surface area contributed by atoms with Crippen LogP contribution < -0.4 is 0 Å². The van der Waals surface area contributed by atoms with Crippen molar-refractivity contribution in [2.75, 3.05) is 0 Å². The Morgan fingerprint density at radius 1 is 0.870 bits per heavy atom. The predicted molar refractivity (Wildman–Crippen MR) is 97.9 cm³/mol. The Morgan fingerprint density at radius 3 is 2.43 bits per heavy atom. The fourth-order valence-corrected chi connectivity index (χ4v) is 3.36. The minimum absolute atomic E-state index is 0.321. The van der Waals surface area contributed by atoms with E-state index in [-0.39, 0.29) is 0 Å². The summed E-state index contributed by atoms with van der Waals surface area (Å²) in [5.41, 5.74) is 9.12. The fourth-order valence-electron chi connectivity index (χ4n) is 3.36. The molecule has 0 amide bonds. The summed E-state index contributed by atoms with van der Waals surface area (Å²) in [6.07, 6.45) is 12.5. The van der Waals surface area contributed by atoms with E-state index in [9.17, 15) is 0 Å². The second kappa shape index (κ2) is 5.55. The third kappa shape index (κ3) is 2.41. The lowest BCUT2D eigenvalue weighted by molar-refractivity contribution is 1.05. The molecule has 4 rings (SSSR count). The van der Waals surface area contributed by atoms with Crippen LogP contribution in [0.5, 0.6) is 0 Å². The van der Waals surface area contributed by atoms with E-state index in [0.717, 1.165) is 0 Å². The molecule has 0 aromatic heterocycles. The van der Waals surface area contributed by atoms with E-state index in [0.29, 0.717) is 5.92 Å². The third-order valence-electron chi connectivity index (χ3n) is 4.60. The Labute approximate surface area is 138 Å². The molecule has 0 spiro atoms. The monoisotopic (exact) mass is 295 g/mol. The molecule has 0 saturated heterocycles. The smallest absolute Gasteiger partial charge is 0.0285 e. The number of allylic oxidation sites excluding steroid dienone is 7. The molecule has 0 aliphatic heterocycles. The van der Waals surface area contributed by atoms with E-state index >= 15 is 0 Å². The molecule has 1 radical (unpaired) electrons. The van der Waals surface area contributed by atoms with Crippen LogP contribution in [0.3, 0.4) is 0 Å². The molecule has 0 bridgehead atoms. The Morgan fingerprint density at radius 2 is 1.70 bits per heavy atom. The Balaban J connectivity index is 1.78. The van der Waals surface area contributed by atoms with Crippen molar-refractivity contribution in [1.82, 2.24) is 0 Å².